The van der Waals surface area contributed by atoms with Gasteiger partial charge in [0.15, 0.2) is 0 Å². The van der Waals surface area contributed by atoms with Crippen LogP contribution in [0, 0.1) is 0 Å². The van der Waals surface area contributed by atoms with Crippen LogP contribution < -0.4 is 15.4 Å². The van der Waals surface area contributed by atoms with Gasteiger partial charge in [0.1, 0.15) is 5.75 Å². The first-order valence-electron chi connectivity index (χ1n) is 9.56. The number of carbonyl (C=O) groups excluding carboxylic acids is 2. The van der Waals surface area contributed by atoms with Crippen molar-refractivity contribution >= 4 is 34.8 Å². The highest BCUT2D eigenvalue weighted by molar-refractivity contribution is 6.30. The fourth-order valence-electron chi connectivity index (χ4n) is 3.28. The van der Waals surface area contributed by atoms with Crippen molar-refractivity contribution in [2.45, 2.75) is 25.8 Å². The minimum atomic E-state index is -0.188. The highest BCUT2D eigenvalue weighted by Crippen LogP contribution is 2.30. The molecule has 30 heavy (non-hydrogen) atoms. The predicted octanol–water partition coefficient (Wildman–Crippen LogP) is 4.92. The second-order valence-electron chi connectivity index (χ2n) is 6.98. The third-order valence-electron chi connectivity index (χ3n) is 4.66. The summed E-state index contributed by atoms with van der Waals surface area (Å²) in [6.07, 6.45) is 4.22. The van der Waals surface area contributed by atoms with Crippen LogP contribution in [0.3, 0.4) is 0 Å². The van der Waals surface area contributed by atoms with E-state index < -0.39 is 0 Å². The first kappa shape index (κ1) is 21.5. The van der Waals surface area contributed by atoms with Crippen molar-refractivity contribution in [3.63, 3.8) is 0 Å². The number of benzene rings is 2. The number of nitrogens with zero attached hydrogens (tertiary/aromatic N) is 1. The molecule has 1 atom stereocenters. The van der Waals surface area contributed by atoms with Gasteiger partial charge < -0.3 is 19.9 Å². The van der Waals surface area contributed by atoms with Crippen molar-refractivity contribution in [2.24, 2.45) is 0 Å². The van der Waals surface area contributed by atoms with E-state index >= 15 is 0 Å². The smallest absolute Gasteiger partial charge is 0.225 e. The molecule has 0 saturated heterocycles. The second-order valence-corrected chi connectivity index (χ2v) is 7.41. The van der Waals surface area contributed by atoms with Crippen LogP contribution in [0.2, 0.25) is 5.02 Å². The number of hydrogen-bond donors (Lipinski definition) is 2. The van der Waals surface area contributed by atoms with E-state index in [2.05, 4.69) is 10.6 Å². The van der Waals surface area contributed by atoms with E-state index in [1.54, 1.807) is 18.2 Å². The Morgan fingerprint density at radius 2 is 1.77 bits per heavy atom. The first-order chi connectivity index (χ1) is 14.4. The number of nitrogens with one attached hydrogen (secondary N) is 2. The third-order valence-corrected chi connectivity index (χ3v) is 4.92. The molecule has 1 aromatic heterocycles. The van der Waals surface area contributed by atoms with E-state index in [0.29, 0.717) is 28.7 Å². The number of anilines is 2. The zero-order valence-corrected chi connectivity index (χ0v) is 17.6. The zero-order chi connectivity index (χ0) is 21.5. The number of halogens is 1. The van der Waals surface area contributed by atoms with Gasteiger partial charge >= 0.3 is 0 Å². The molecule has 7 heteroatoms. The minimum Gasteiger partial charge on any atom is -0.495 e. The summed E-state index contributed by atoms with van der Waals surface area (Å²) < 4.78 is 7.39. The van der Waals surface area contributed by atoms with Gasteiger partial charge in [-0.1, -0.05) is 23.7 Å². The summed E-state index contributed by atoms with van der Waals surface area (Å²) in [5.41, 5.74) is 2.12. The highest BCUT2D eigenvalue weighted by atomic mass is 35.5. The molecule has 0 aliphatic rings. The molecule has 2 amide bonds. The molecule has 0 spiro atoms. The van der Waals surface area contributed by atoms with Gasteiger partial charge in [-0.05, 0) is 48.0 Å². The van der Waals surface area contributed by atoms with Crippen LogP contribution in [0.4, 0.5) is 11.4 Å². The first-order valence-corrected chi connectivity index (χ1v) is 9.94. The summed E-state index contributed by atoms with van der Waals surface area (Å²) in [5.74, 6) is 0.137. The van der Waals surface area contributed by atoms with Crippen LogP contribution in [-0.2, 0) is 16.1 Å². The quantitative estimate of drug-likeness (QED) is 0.538. The topological polar surface area (TPSA) is 72.4 Å². The SMILES string of the molecule is COc1ccc(NC(C)=O)cc1NC(=O)C[C@H](Cn1cccc1)c1ccc(Cl)cc1. The number of hydrogen-bond acceptors (Lipinski definition) is 3. The molecule has 0 radical (unpaired) electrons. The van der Waals surface area contributed by atoms with Crippen molar-refractivity contribution in [3.05, 3.63) is 77.6 Å². The van der Waals surface area contributed by atoms with Crippen LogP contribution in [0.5, 0.6) is 5.75 Å². The van der Waals surface area contributed by atoms with Crippen LogP contribution in [0.15, 0.2) is 67.0 Å². The molecule has 2 N–H and O–H groups in total. The van der Waals surface area contributed by atoms with Crippen LogP contribution in [-0.4, -0.2) is 23.5 Å². The molecular weight excluding hydrogens is 402 g/mol. The van der Waals surface area contributed by atoms with E-state index in [9.17, 15) is 9.59 Å². The zero-order valence-electron chi connectivity index (χ0n) is 16.9. The molecule has 2 aromatic carbocycles. The summed E-state index contributed by atoms with van der Waals surface area (Å²) in [5, 5.41) is 6.28. The lowest BCUT2D eigenvalue weighted by atomic mass is 9.95. The molecule has 6 nitrogen and oxygen atoms in total. The van der Waals surface area contributed by atoms with E-state index in [4.69, 9.17) is 16.3 Å². The van der Waals surface area contributed by atoms with Gasteiger partial charge in [-0.15, -0.1) is 0 Å². The number of aromatic nitrogens is 1. The molecule has 0 fully saturated rings. The summed E-state index contributed by atoms with van der Waals surface area (Å²) in [6.45, 7) is 2.09. The summed E-state index contributed by atoms with van der Waals surface area (Å²) in [7, 11) is 1.53. The summed E-state index contributed by atoms with van der Waals surface area (Å²) in [6, 6.07) is 16.6. The molecule has 1 heterocycles. The van der Waals surface area contributed by atoms with Gasteiger partial charge in [0.2, 0.25) is 11.8 Å². The fraction of sp³-hybridized carbons (Fsp3) is 0.217. The fourth-order valence-corrected chi connectivity index (χ4v) is 3.41. The van der Waals surface area contributed by atoms with Crippen molar-refractivity contribution in [3.8, 4) is 5.75 Å². The van der Waals surface area contributed by atoms with Crippen LogP contribution in [0.1, 0.15) is 24.8 Å². The Kier molecular flexibility index (Phi) is 7.14. The van der Waals surface area contributed by atoms with E-state index in [1.165, 1.54) is 14.0 Å². The molecule has 156 valence electrons. The van der Waals surface area contributed by atoms with E-state index in [1.807, 2.05) is 53.4 Å². The number of ether oxygens (including phenoxy) is 1. The van der Waals surface area contributed by atoms with Crippen molar-refractivity contribution in [2.75, 3.05) is 17.7 Å². The van der Waals surface area contributed by atoms with Gasteiger partial charge in [-0.3, -0.25) is 9.59 Å². The number of methoxy groups -OCH3 is 1. The van der Waals surface area contributed by atoms with Crippen LogP contribution in [0.25, 0.3) is 0 Å². The van der Waals surface area contributed by atoms with Gasteiger partial charge in [-0.2, -0.15) is 0 Å². The number of amides is 2. The predicted molar refractivity (Wildman–Crippen MR) is 119 cm³/mol. The van der Waals surface area contributed by atoms with Gasteiger partial charge in [0.25, 0.3) is 0 Å². The Morgan fingerprint density at radius 3 is 2.40 bits per heavy atom. The average Bonchev–Trinajstić information content (AvgIpc) is 3.21. The number of carbonyl (C=O) groups is 2. The van der Waals surface area contributed by atoms with Crippen molar-refractivity contribution < 1.29 is 14.3 Å². The number of rotatable bonds is 8. The maximum Gasteiger partial charge on any atom is 0.225 e. The molecular formula is C23H24ClN3O3. The Labute approximate surface area is 180 Å². The maximum absolute atomic E-state index is 12.9. The molecule has 0 unspecified atom stereocenters. The monoisotopic (exact) mass is 425 g/mol. The molecule has 0 aliphatic heterocycles. The Hall–Kier alpha value is -3.25. The van der Waals surface area contributed by atoms with E-state index in [-0.39, 0.29) is 24.2 Å². The van der Waals surface area contributed by atoms with Gasteiger partial charge in [0.05, 0.1) is 12.8 Å². The van der Waals surface area contributed by atoms with Gasteiger partial charge in [-0.25, -0.2) is 0 Å². The maximum atomic E-state index is 12.9. The molecule has 3 aromatic rings. The summed E-state index contributed by atoms with van der Waals surface area (Å²) >= 11 is 6.03. The second kappa shape index (κ2) is 9.98. The minimum absolute atomic E-state index is 0.0424. The third kappa shape index (κ3) is 5.87. The molecule has 0 aliphatic carbocycles. The molecule has 3 rings (SSSR count). The average molecular weight is 426 g/mol. The molecule has 0 bridgehead atoms. The highest BCUT2D eigenvalue weighted by Gasteiger charge is 2.18. The summed E-state index contributed by atoms with van der Waals surface area (Å²) in [4.78, 5) is 24.2. The lowest BCUT2D eigenvalue weighted by molar-refractivity contribution is -0.116. The van der Waals surface area contributed by atoms with E-state index in [0.717, 1.165) is 5.56 Å². The lowest BCUT2D eigenvalue weighted by Crippen LogP contribution is -2.19. The standard InChI is InChI=1S/C23H24ClN3O3/c1-16(28)25-20-9-10-22(30-2)21(14-20)26-23(29)13-18(15-27-11-3-4-12-27)17-5-7-19(24)8-6-17/h3-12,14,18H,13,15H2,1-2H3,(H,25,28)(H,26,29)/t18-/m1/s1. The van der Waals surface area contributed by atoms with Gasteiger partial charge in [0, 0.05) is 48.9 Å². The van der Waals surface area contributed by atoms with Crippen molar-refractivity contribution in [1.29, 1.82) is 0 Å². The molecule has 0 saturated carbocycles. The lowest BCUT2D eigenvalue weighted by Gasteiger charge is -2.19. The Bertz CT molecular complexity index is 1000. The Balaban J connectivity index is 1.78. The van der Waals surface area contributed by atoms with Crippen molar-refractivity contribution in [1.82, 2.24) is 4.57 Å². The Morgan fingerprint density at radius 1 is 1.07 bits per heavy atom. The van der Waals surface area contributed by atoms with Crippen LogP contribution >= 0.6 is 11.6 Å². The normalized spacial score (nSPS) is 11.6. The largest absolute Gasteiger partial charge is 0.495 e.